The van der Waals surface area contributed by atoms with Gasteiger partial charge in [-0.2, -0.15) is 9.97 Å². The van der Waals surface area contributed by atoms with Crippen LogP contribution in [0.2, 0.25) is 0 Å². The fraction of sp³-hybridized carbons (Fsp3) is 0.200. The molecular formula is C15H15N7O2. The average molecular weight is 325 g/mol. The van der Waals surface area contributed by atoms with E-state index in [0.717, 1.165) is 11.3 Å². The first-order chi connectivity index (χ1) is 11.6. The van der Waals surface area contributed by atoms with Crippen LogP contribution >= 0.6 is 0 Å². The second-order valence-electron chi connectivity index (χ2n) is 5.04. The van der Waals surface area contributed by atoms with Crippen LogP contribution in [0.5, 0.6) is 0 Å². The highest BCUT2D eigenvalue weighted by Gasteiger charge is 2.09. The van der Waals surface area contributed by atoms with Crippen LogP contribution in [0.1, 0.15) is 21.7 Å². The third kappa shape index (κ3) is 3.19. The van der Waals surface area contributed by atoms with E-state index in [1.54, 1.807) is 18.5 Å². The van der Waals surface area contributed by atoms with E-state index in [0.29, 0.717) is 24.0 Å². The summed E-state index contributed by atoms with van der Waals surface area (Å²) in [4.78, 5) is 31.9. The van der Waals surface area contributed by atoms with Crippen molar-refractivity contribution in [3.63, 3.8) is 0 Å². The molecule has 0 radical (unpaired) electrons. The molecule has 0 aromatic carbocycles. The average Bonchev–Trinajstić information content (AvgIpc) is 2.60. The van der Waals surface area contributed by atoms with Gasteiger partial charge in [0.15, 0.2) is 17.0 Å². The molecule has 3 rings (SSSR count). The molecule has 3 heterocycles. The zero-order valence-corrected chi connectivity index (χ0v) is 12.9. The molecule has 4 N–H and O–H groups in total. The van der Waals surface area contributed by atoms with Crippen molar-refractivity contribution >= 4 is 28.9 Å². The molecule has 0 aliphatic rings. The van der Waals surface area contributed by atoms with Crippen LogP contribution in [0.3, 0.4) is 0 Å². The molecule has 0 aliphatic heterocycles. The van der Waals surface area contributed by atoms with E-state index in [4.69, 9.17) is 11.5 Å². The summed E-state index contributed by atoms with van der Waals surface area (Å²) in [6.45, 7) is 0. The molecule has 0 aliphatic carbocycles. The van der Waals surface area contributed by atoms with E-state index in [-0.39, 0.29) is 17.5 Å². The molecule has 9 heteroatoms. The first-order valence-corrected chi connectivity index (χ1v) is 7.14. The molecule has 0 spiro atoms. The lowest BCUT2D eigenvalue weighted by atomic mass is 10.1. The lowest BCUT2D eigenvalue weighted by molar-refractivity contribution is 0.0594. The number of ether oxygens (including phenoxy) is 1. The highest BCUT2D eigenvalue weighted by molar-refractivity contribution is 5.87. The van der Waals surface area contributed by atoms with Crippen molar-refractivity contribution < 1.29 is 9.53 Å². The number of anilines is 2. The van der Waals surface area contributed by atoms with E-state index >= 15 is 0 Å². The van der Waals surface area contributed by atoms with Crippen molar-refractivity contribution in [2.45, 2.75) is 12.8 Å². The van der Waals surface area contributed by atoms with Gasteiger partial charge in [-0.25, -0.2) is 19.7 Å². The molecule has 3 aromatic heterocycles. The summed E-state index contributed by atoms with van der Waals surface area (Å²) in [5, 5.41) is 0. The number of aryl methyl sites for hydroxylation is 2. The predicted octanol–water partition coefficient (Wildman–Crippen LogP) is 0.551. The van der Waals surface area contributed by atoms with Crippen molar-refractivity contribution in [2.24, 2.45) is 0 Å². The fourth-order valence-electron chi connectivity index (χ4n) is 2.17. The SMILES string of the molecule is COC(=O)c1ccc(CCc2cnc3nc(N)nc(N)c3n2)cn1. The Morgan fingerprint density at radius 3 is 2.62 bits per heavy atom. The van der Waals surface area contributed by atoms with Gasteiger partial charge in [-0.1, -0.05) is 6.07 Å². The van der Waals surface area contributed by atoms with Crippen LogP contribution in [-0.4, -0.2) is 38.0 Å². The van der Waals surface area contributed by atoms with Crippen LogP contribution in [0, 0.1) is 0 Å². The predicted molar refractivity (Wildman–Crippen MR) is 86.9 cm³/mol. The van der Waals surface area contributed by atoms with Crippen molar-refractivity contribution in [1.82, 2.24) is 24.9 Å². The number of hydrogen-bond donors (Lipinski definition) is 2. The lowest BCUT2D eigenvalue weighted by Crippen LogP contribution is -2.06. The minimum absolute atomic E-state index is 0.0684. The maximum atomic E-state index is 11.3. The Morgan fingerprint density at radius 1 is 1.08 bits per heavy atom. The van der Waals surface area contributed by atoms with E-state index in [1.165, 1.54) is 7.11 Å². The Bertz CT molecular complexity index is 896. The van der Waals surface area contributed by atoms with Crippen molar-refractivity contribution in [1.29, 1.82) is 0 Å². The van der Waals surface area contributed by atoms with Crippen molar-refractivity contribution in [3.8, 4) is 0 Å². The van der Waals surface area contributed by atoms with Crippen LogP contribution in [0.15, 0.2) is 24.5 Å². The number of nitrogens with zero attached hydrogens (tertiary/aromatic N) is 5. The van der Waals surface area contributed by atoms with Crippen LogP contribution in [0.4, 0.5) is 11.8 Å². The minimum Gasteiger partial charge on any atom is -0.464 e. The summed E-state index contributed by atoms with van der Waals surface area (Å²) in [6, 6.07) is 3.45. The summed E-state index contributed by atoms with van der Waals surface area (Å²) in [5.74, 6) is -0.188. The number of fused-ring (bicyclic) bond motifs is 1. The largest absolute Gasteiger partial charge is 0.464 e. The minimum atomic E-state index is -0.461. The number of pyridine rings is 1. The molecule has 0 bridgehead atoms. The van der Waals surface area contributed by atoms with Crippen molar-refractivity contribution in [3.05, 3.63) is 41.5 Å². The Balaban J connectivity index is 1.74. The van der Waals surface area contributed by atoms with Gasteiger partial charge in [-0.3, -0.25) is 0 Å². The Morgan fingerprint density at radius 2 is 1.92 bits per heavy atom. The first kappa shape index (κ1) is 15.5. The van der Waals surface area contributed by atoms with E-state index in [1.807, 2.05) is 6.07 Å². The van der Waals surface area contributed by atoms with E-state index < -0.39 is 5.97 Å². The summed E-state index contributed by atoms with van der Waals surface area (Å²) in [6.07, 6.45) is 4.58. The normalized spacial score (nSPS) is 10.7. The number of carbonyl (C=O) groups is 1. The maximum absolute atomic E-state index is 11.3. The highest BCUT2D eigenvalue weighted by atomic mass is 16.5. The molecule has 3 aromatic rings. The number of nitrogen functional groups attached to an aromatic ring is 2. The molecule has 0 unspecified atom stereocenters. The highest BCUT2D eigenvalue weighted by Crippen LogP contribution is 2.15. The number of esters is 1. The smallest absolute Gasteiger partial charge is 0.356 e. The second kappa shape index (κ2) is 6.41. The number of rotatable bonds is 4. The van der Waals surface area contributed by atoms with Gasteiger partial charge < -0.3 is 16.2 Å². The van der Waals surface area contributed by atoms with E-state index in [9.17, 15) is 4.79 Å². The summed E-state index contributed by atoms with van der Waals surface area (Å²) in [7, 11) is 1.32. The topological polar surface area (TPSA) is 143 Å². The fourth-order valence-corrected chi connectivity index (χ4v) is 2.17. The second-order valence-corrected chi connectivity index (χ2v) is 5.04. The molecule has 24 heavy (non-hydrogen) atoms. The Kier molecular flexibility index (Phi) is 4.15. The van der Waals surface area contributed by atoms with Crippen LogP contribution in [-0.2, 0) is 17.6 Å². The Hall–Kier alpha value is -3.36. The van der Waals surface area contributed by atoms with Gasteiger partial charge >= 0.3 is 5.97 Å². The first-order valence-electron chi connectivity index (χ1n) is 7.14. The Labute approximate surface area is 137 Å². The third-order valence-corrected chi connectivity index (χ3v) is 3.39. The van der Waals surface area contributed by atoms with Gasteiger partial charge in [0.05, 0.1) is 19.0 Å². The monoisotopic (exact) mass is 325 g/mol. The number of hydrogen-bond acceptors (Lipinski definition) is 9. The lowest BCUT2D eigenvalue weighted by Gasteiger charge is -2.05. The summed E-state index contributed by atoms with van der Waals surface area (Å²) >= 11 is 0. The molecule has 122 valence electrons. The number of methoxy groups -OCH3 is 1. The van der Waals surface area contributed by atoms with Gasteiger partial charge in [-0.15, -0.1) is 0 Å². The molecular weight excluding hydrogens is 310 g/mol. The van der Waals surface area contributed by atoms with Crippen LogP contribution < -0.4 is 11.5 Å². The molecule has 0 atom stereocenters. The summed E-state index contributed by atoms with van der Waals surface area (Å²) in [5.41, 5.74) is 14.1. The number of aromatic nitrogens is 5. The van der Waals surface area contributed by atoms with Crippen LogP contribution in [0.25, 0.3) is 11.2 Å². The van der Waals surface area contributed by atoms with Gasteiger partial charge in [0, 0.05) is 6.20 Å². The molecule has 9 nitrogen and oxygen atoms in total. The zero-order chi connectivity index (χ0) is 17.1. The molecule has 0 fully saturated rings. The zero-order valence-electron chi connectivity index (χ0n) is 12.9. The number of nitrogens with two attached hydrogens (primary N) is 2. The van der Waals surface area contributed by atoms with Crippen molar-refractivity contribution in [2.75, 3.05) is 18.6 Å². The summed E-state index contributed by atoms with van der Waals surface area (Å²) < 4.78 is 4.61. The molecule has 0 saturated carbocycles. The quantitative estimate of drug-likeness (QED) is 0.657. The molecule has 0 saturated heterocycles. The van der Waals surface area contributed by atoms with Gasteiger partial charge in [0.25, 0.3) is 0 Å². The maximum Gasteiger partial charge on any atom is 0.356 e. The standard InChI is InChI=1S/C15H15N7O2/c1-24-14(23)10-5-3-8(6-18-10)2-4-9-7-19-13-11(20-9)12(16)21-15(17)22-13/h3,5-7H,2,4H2,1H3,(H4,16,17,19,21,22). The molecule has 0 amide bonds. The van der Waals surface area contributed by atoms with Gasteiger partial charge in [0.1, 0.15) is 5.69 Å². The number of carbonyl (C=O) groups excluding carboxylic acids is 1. The third-order valence-electron chi connectivity index (χ3n) is 3.39. The van der Waals surface area contributed by atoms with Gasteiger partial charge in [0.2, 0.25) is 5.95 Å². The van der Waals surface area contributed by atoms with Gasteiger partial charge in [-0.05, 0) is 24.5 Å². The van der Waals surface area contributed by atoms with E-state index in [2.05, 4.69) is 29.7 Å².